The zero-order chi connectivity index (χ0) is 19.1. The van der Waals surface area contributed by atoms with E-state index in [1.54, 1.807) is 12.1 Å². The fourth-order valence-electron chi connectivity index (χ4n) is 3.61. The predicted molar refractivity (Wildman–Crippen MR) is 108 cm³/mol. The van der Waals surface area contributed by atoms with E-state index in [9.17, 15) is 9.18 Å². The Morgan fingerprint density at radius 2 is 1.82 bits per heavy atom. The lowest BCUT2D eigenvalue weighted by Crippen LogP contribution is -2.48. The Balaban J connectivity index is 1.22. The van der Waals surface area contributed by atoms with Crippen LogP contribution in [0.1, 0.15) is 34.1 Å². The summed E-state index contributed by atoms with van der Waals surface area (Å²) in [6.45, 7) is 2.95. The van der Waals surface area contributed by atoms with Crippen molar-refractivity contribution in [1.82, 2.24) is 15.1 Å². The highest BCUT2D eigenvalue weighted by molar-refractivity contribution is 7.17. The Labute approximate surface area is 166 Å². The lowest BCUT2D eigenvalue weighted by Gasteiger charge is -2.34. The highest BCUT2D eigenvalue weighted by atomic mass is 32.1. The quantitative estimate of drug-likeness (QED) is 0.722. The molecule has 1 aliphatic carbocycles. The Kier molecular flexibility index (Phi) is 4.39. The molecule has 28 heavy (non-hydrogen) atoms. The number of carbonyl (C=O) groups excluding carboxylic acids is 1. The number of aromatic amines is 1. The molecule has 1 saturated heterocycles. The number of hydrogen-bond donors (Lipinski definition) is 1. The highest BCUT2D eigenvalue weighted by Gasteiger charge is 2.28. The van der Waals surface area contributed by atoms with Gasteiger partial charge in [-0.05, 0) is 42.7 Å². The molecule has 0 spiro atoms. The van der Waals surface area contributed by atoms with Crippen LogP contribution in [0.4, 0.5) is 10.2 Å². The van der Waals surface area contributed by atoms with Crippen LogP contribution in [-0.2, 0) is 0 Å². The number of anilines is 1. The minimum Gasteiger partial charge on any atom is -0.352 e. The molecule has 0 unspecified atom stereocenters. The second-order valence-electron chi connectivity index (χ2n) is 7.41. The van der Waals surface area contributed by atoms with Gasteiger partial charge in [0.05, 0.1) is 4.88 Å². The molecule has 2 aliphatic rings. The summed E-state index contributed by atoms with van der Waals surface area (Å²) in [6.07, 6.45) is 2.51. The Morgan fingerprint density at radius 3 is 2.54 bits per heavy atom. The topological polar surface area (TPSA) is 52.2 Å². The van der Waals surface area contributed by atoms with Gasteiger partial charge in [-0.2, -0.15) is 5.10 Å². The molecule has 2 fully saturated rings. The third-order valence-electron chi connectivity index (χ3n) is 5.44. The van der Waals surface area contributed by atoms with Gasteiger partial charge in [0.25, 0.3) is 5.91 Å². The number of benzene rings is 1. The van der Waals surface area contributed by atoms with Crippen molar-refractivity contribution in [2.24, 2.45) is 0 Å². The summed E-state index contributed by atoms with van der Waals surface area (Å²) >= 11 is 1.46. The van der Waals surface area contributed by atoms with Crippen molar-refractivity contribution in [3.63, 3.8) is 0 Å². The number of halogens is 1. The second kappa shape index (κ2) is 7.05. The molecule has 0 atom stereocenters. The molecule has 1 aromatic carbocycles. The van der Waals surface area contributed by atoms with Crippen LogP contribution in [0.2, 0.25) is 0 Å². The number of aromatic nitrogens is 2. The van der Waals surface area contributed by atoms with E-state index in [0.717, 1.165) is 34.2 Å². The number of H-pyrrole nitrogens is 1. The van der Waals surface area contributed by atoms with Crippen LogP contribution in [0.25, 0.3) is 10.4 Å². The lowest BCUT2D eigenvalue weighted by molar-refractivity contribution is 0.0751. The molecule has 1 N–H and O–H groups in total. The number of nitrogens with one attached hydrogen (secondary N) is 1. The molecule has 5 rings (SSSR count). The summed E-state index contributed by atoms with van der Waals surface area (Å²) in [4.78, 5) is 18.7. The first-order chi connectivity index (χ1) is 13.7. The molecule has 1 aliphatic heterocycles. The highest BCUT2D eigenvalue weighted by Crippen LogP contribution is 2.40. The third-order valence-corrected chi connectivity index (χ3v) is 6.56. The summed E-state index contributed by atoms with van der Waals surface area (Å²) in [5, 5.41) is 7.60. The fourth-order valence-corrected chi connectivity index (χ4v) is 4.59. The molecule has 1 amide bonds. The van der Waals surface area contributed by atoms with E-state index in [1.807, 2.05) is 17.0 Å². The number of amides is 1. The average molecular weight is 396 g/mol. The van der Waals surface area contributed by atoms with Gasteiger partial charge in [-0.1, -0.05) is 12.1 Å². The summed E-state index contributed by atoms with van der Waals surface area (Å²) in [6, 6.07) is 12.3. The van der Waals surface area contributed by atoms with Gasteiger partial charge in [0.2, 0.25) is 0 Å². The number of hydrogen-bond acceptors (Lipinski definition) is 4. The summed E-state index contributed by atoms with van der Waals surface area (Å²) in [5.74, 6) is 1.47. The maximum Gasteiger partial charge on any atom is 0.264 e. The standard InChI is InChI=1S/C21H21FN4OS/c22-16-5-3-15(4-6-16)18-7-8-19(28-18)21(27)26-11-9-25(10-12-26)20-13-17(23-24-20)14-1-2-14/h3-8,13-14H,1-2,9-12H2,(H,23,24). The molecule has 0 bridgehead atoms. The zero-order valence-electron chi connectivity index (χ0n) is 15.4. The molecular weight excluding hydrogens is 375 g/mol. The smallest absolute Gasteiger partial charge is 0.264 e. The van der Waals surface area contributed by atoms with E-state index >= 15 is 0 Å². The van der Waals surface area contributed by atoms with E-state index in [4.69, 9.17) is 0 Å². The summed E-state index contributed by atoms with van der Waals surface area (Å²) in [7, 11) is 0. The van der Waals surface area contributed by atoms with Crippen LogP contribution < -0.4 is 4.90 Å². The Morgan fingerprint density at radius 1 is 1.07 bits per heavy atom. The van der Waals surface area contributed by atoms with Crippen LogP contribution in [0.15, 0.2) is 42.5 Å². The number of rotatable bonds is 4. The van der Waals surface area contributed by atoms with E-state index in [1.165, 1.54) is 42.0 Å². The predicted octanol–water partition coefficient (Wildman–Crippen LogP) is 4.12. The molecule has 0 radical (unpaired) electrons. The number of thiophene rings is 1. The van der Waals surface area contributed by atoms with Gasteiger partial charge in [0.1, 0.15) is 5.82 Å². The monoisotopic (exact) mass is 396 g/mol. The normalized spacial score (nSPS) is 17.2. The van der Waals surface area contributed by atoms with Crippen molar-refractivity contribution in [3.05, 3.63) is 58.9 Å². The first-order valence-electron chi connectivity index (χ1n) is 9.63. The number of carbonyl (C=O) groups is 1. The molecule has 1 saturated carbocycles. The van der Waals surface area contributed by atoms with Crippen molar-refractivity contribution >= 4 is 23.1 Å². The molecule has 3 aromatic rings. The van der Waals surface area contributed by atoms with E-state index < -0.39 is 0 Å². The lowest BCUT2D eigenvalue weighted by atomic mass is 10.2. The molecule has 7 heteroatoms. The zero-order valence-corrected chi connectivity index (χ0v) is 16.2. The van der Waals surface area contributed by atoms with E-state index in [2.05, 4.69) is 21.2 Å². The van der Waals surface area contributed by atoms with Gasteiger partial charge in [-0.3, -0.25) is 9.89 Å². The second-order valence-corrected chi connectivity index (χ2v) is 8.49. The van der Waals surface area contributed by atoms with Crippen LogP contribution in [0.3, 0.4) is 0 Å². The minimum atomic E-state index is -0.254. The Bertz CT molecular complexity index is 984. The first kappa shape index (κ1) is 17.4. The maximum atomic E-state index is 13.1. The van der Waals surface area contributed by atoms with Crippen LogP contribution in [0, 0.1) is 5.82 Å². The summed E-state index contributed by atoms with van der Waals surface area (Å²) < 4.78 is 13.1. The Hall–Kier alpha value is -2.67. The molecule has 3 heterocycles. The maximum absolute atomic E-state index is 13.1. The first-order valence-corrected chi connectivity index (χ1v) is 10.4. The number of piperazine rings is 1. The number of nitrogens with zero attached hydrogens (tertiary/aromatic N) is 3. The van der Waals surface area contributed by atoms with Crippen molar-refractivity contribution in [2.45, 2.75) is 18.8 Å². The molecule has 144 valence electrons. The van der Waals surface area contributed by atoms with Crippen molar-refractivity contribution < 1.29 is 9.18 Å². The third kappa shape index (κ3) is 3.42. The van der Waals surface area contributed by atoms with Gasteiger partial charge < -0.3 is 9.80 Å². The largest absolute Gasteiger partial charge is 0.352 e. The van der Waals surface area contributed by atoms with Gasteiger partial charge >= 0.3 is 0 Å². The van der Waals surface area contributed by atoms with Crippen LogP contribution >= 0.6 is 11.3 Å². The molecular formula is C21H21FN4OS. The van der Waals surface area contributed by atoms with E-state index in [0.29, 0.717) is 19.0 Å². The van der Waals surface area contributed by atoms with Crippen molar-refractivity contribution in [2.75, 3.05) is 31.1 Å². The van der Waals surface area contributed by atoms with Gasteiger partial charge in [0.15, 0.2) is 5.82 Å². The minimum absolute atomic E-state index is 0.0682. The molecule has 2 aromatic heterocycles. The van der Waals surface area contributed by atoms with Crippen molar-refractivity contribution in [3.8, 4) is 10.4 Å². The molecule has 5 nitrogen and oxygen atoms in total. The SMILES string of the molecule is O=C(c1ccc(-c2ccc(F)cc2)s1)N1CCN(c2cc(C3CC3)[nH]n2)CC1. The summed E-state index contributed by atoms with van der Waals surface area (Å²) in [5.41, 5.74) is 2.17. The van der Waals surface area contributed by atoms with Crippen molar-refractivity contribution in [1.29, 1.82) is 0 Å². The van der Waals surface area contributed by atoms with Gasteiger partial charge in [0, 0.05) is 48.7 Å². The van der Waals surface area contributed by atoms with Gasteiger partial charge in [-0.15, -0.1) is 11.3 Å². The average Bonchev–Trinajstić information content (AvgIpc) is 3.26. The van der Waals surface area contributed by atoms with E-state index in [-0.39, 0.29) is 11.7 Å². The van der Waals surface area contributed by atoms with Gasteiger partial charge in [-0.25, -0.2) is 4.39 Å². The van der Waals surface area contributed by atoms with Crippen LogP contribution in [0.5, 0.6) is 0 Å². The van der Waals surface area contributed by atoms with Crippen LogP contribution in [-0.4, -0.2) is 47.2 Å². The fraction of sp³-hybridized carbons (Fsp3) is 0.333.